The first-order valence-corrected chi connectivity index (χ1v) is 7.86. The van der Waals surface area contributed by atoms with Gasteiger partial charge in [-0.2, -0.15) is 0 Å². The van der Waals surface area contributed by atoms with Gasteiger partial charge in [0.05, 0.1) is 5.25 Å². The van der Waals surface area contributed by atoms with Gasteiger partial charge >= 0.3 is 0 Å². The van der Waals surface area contributed by atoms with Gasteiger partial charge in [0, 0.05) is 13.0 Å². The van der Waals surface area contributed by atoms with Crippen molar-refractivity contribution in [1.82, 2.24) is 4.90 Å². The highest BCUT2D eigenvalue weighted by Crippen LogP contribution is 2.26. The van der Waals surface area contributed by atoms with Gasteiger partial charge in [-0.25, -0.2) is 0 Å². The average molecular weight is 271 g/mol. The van der Waals surface area contributed by atoms with Crippen molar-refractivity contribution < 1.29 is 9.59 Å². The largest absolute Gasteiger partial charge is 0.282 e. The third-order valence-electron chi connectivity index (χ3n) is 3.13. The minimum Gasteiger partial charge on any atom is -0.282 e. The van der Waals surface area contributed by atoms with Crippen molar-refractivity contribution in [2.45, 2.75) is 58.6 Å². The Morgan fingerprint density at radius 2 is 1.94 bits per heavy atom. The maximum absolute atomic E-state index is 12.0. The van der Waals surface area contributed by atoms with E-state index in [1.807, 2.05) is 6.92 Å². The maximum atomic E-state index is 12.0. The number of hydrogen-bond acceptors (Lipinski definition) is 3. The first-order valence-electron chi connectivity index (χ1n) is 6.81. The second kappa shape index (κ2) is 6.60. The molecule has 1 heterocycles. The summed E-state index contributed by atoms with van der Waals surface area (Å²) in [5, 5.41) is -0.120. The van der Waals surface area contributed by atoms with Gasteiger partial charge in [-0.05, 0) is 24.0 Å². The fraction of sp³-hybridized carbons (Fsp3) is 0.857. The molecule has 0 radical (unpaired) electrons. The summed E-state index contributed by atoms with van der Waals surface area (Å²) in [6, 6.07) is 0. The molecule has 2 amide bonds. The number of hydrogen-bond donors (Lipinski definition) is 0. The Morgan fingerprint density at radius 1 is 1.28 bits per heavy atom. The van der Waals surface area contributed by atoms with Gasteiger partial charge in [0.15, 0.2) is 0 Å². The Bertz CT molecular complexity index is 309. The van der Waals surface area contributed by atoms with Crippen LogP contribution in [0.15, 0.2) is 0 Å². The van der Waals surface area contributed by atoms with Gasteiger partial charge < -0.3 is 0 Å². The van der Waals surface area contributed by atoms with E-state index in [0.717, 1.165) is 25.0 Å². The molecule has 0 aromatic carbocycles. The lowest BCUT2D eigenvalue weighted by Gasteiger charge is -2.19. The van der Waals surface area contributed by atoms with Crippen molar-refractivity contribution in [2.75, 3.05) is 12.3 Å². The molecule has 1 fully saturated rings. The van der Waals surface area contributed by atoms with Crippen molar-refractivity contribution in [3.05, 3.63) is 0 Å². The molecule has 0 aliphatic carbocycles. The van der Waals surface area contributed by atoms with Crippen LogP contribution in [0.25, 0.3) is 0 Å². The van der Waals surface area contributed by atoms with Crippen LogP contribution in [0, 0.1) is 5.41 Å². The fourth-order valence-electron chi connectivity index (χ4n) is 2.14. The van der Waals surface area contributed by atoms with Crippen LogP contribution in [0.5, 0.6) is 0 Å². The highest BCUT2D eigenvalue weighted by Gasteiger charge is 2.37. The van der Waals surface area contributed by atoms with Crippen LogP contribution < -0.4 is 0 Å². The SMILES string of the molecule is CCSC1CC(=O)N(CCCCC(C)(C)C)C1=O. The molecule has 1 atom stereocenters. The minimum atomic E-state index is -0.120. The maximum Gasteiger partial charge on any atom is 0.242 e. The van der Waals surface area contributed by atoms with E-state index in [1.54, 1.807) is 11.8 Å². The van der Waals surface area contributed by atoms with Crippen molar-refractivity contribution in [3.8, 4) is 0 Å². The molecule has 4 heteroatoms. The molecule has 1 rings (SSSR count). The molecule has 18 heavy (non-hydrogen) atoms. The van der Waals surface area contributed by atoms with Crippen molar-refractivity contribution in [3.63, 3.8) is 0 Å². The molecule has 0 spiro atoms. The van der Waals surface area contributed by atoms with E-state index in [9.17, 15) is 9.59 Å². The summed E-state index contributed by atoms with van der Waals surface area (Å²) in [6.45, 7) is 9.27. The summed E-state index contributed by atoms with van der Waals surface area (Å²) in [7, 11) is 0. The molecule has 0 bridgehead atoms. The fourth-order valence-corrected chi connectivity index (χ4v) is 3.08. The monoisotopic (exact) mass is 271 g/mol. The van der Waals surface area contributed by atoms with E-state index in [-0.39, 0.29) is 17.1 Å². The third kappa shape index (κ3) is 4.63. The number of imide groups is 1. The zero-order valence-electron chi connectivity index (χ0n) is 12.0. The highest BCUT2D eigenvalue weighted by atomic mass is 32.2. The van der Waals surface area contributed by atoms with Gasteiger partial charge in [-0.15, -0.1) is 11.8 Å². The number of carbonyl (C=O) groups is 2. The molecule has 1 unspecified atom stereocenters. The number of carbonyl (C=O) groups excluding carboxylic acids is 2. The van der Waals surface area contributed by atoms with Crippen LogP contribution in [-0.2, 0) is 9.59 Å². The summed E-state index contributed by atoms with van der Waals surface area (Å²) in [6.07, 6.45) is 3.54. The molecular weight excluding hydrogens is 246 g/mol. The number of unbranched alkanes of at least 4 members (excludes halogenated alkanes) is 1. The van der Waals surface area contributed by atoms with E-state index in [1.165, 1.54) is 4.90 Å². The first kappa shape index (κ1) is 15.5. The standard InChI is InChI=1S/C14H25NO2S/c1-5-18-11-10-12(16)15(13(11)17)9-7-6-8-14(2,3)4/h11H,5-10H2,1-4H3. The van der Waals surface area contributed by atoms with Crippen molar-refractivity contribution >= 4 is 23.6 Å². The molecule has 104 valence electrons. The van der Waals surface area contributed by atoms with Crippen LogP contribution in [0.3, 0.4) is 0 Å². The van der Waals surface area contributed by atoms with E-state index in [2.05, 4.69) is 20.8 Å². The van der Waals surface area contributed by atoms with E-state index < -0.39 is 0 Å². The van der Waals surface area contributed by atoms with Gasteiger partial charge in [-0.1, -0.05) is 34.1 Å². The van der Waals surface area contributed by atoms with Gasteiger partial charge in [0.25, 0.3) is 0 Å². The minimum absolute atomic E-state index is 0.0155. The molecule has 3 nitrogen and oxygen atoms in total. The number of rotatable bonds is 6. The Balaban J connectivity index is 2.34. The zero-order chi connectivity index (χ0) is 13.8. The summed E-state index contributed by atoms with van der Waals surface area (Å²) < 4.78 is 0. The third-order valence-corrected chi connectivity index (χ3v) is 4.23. The number of amides is 2. The second-order valence-corrected chi connectivity index (χ2v) is 7.53. The Labute approximate surface area is 115 Å². The topological polar surface area (TPSA) is 37.4 Å². The van der Waals surface area contributed by atoms with Crippen LogP contribution in [0.1, 0.15) is 53.4 Å². The molecule has 0 N–H and O–H groups in total. The zero-order valence-corrected chi connectivity index (χ0v) is 12.8. The predicted octanol–water partition coefficient (Wildman–Crippen LogP) is 3.08. The predicted molar refractivity (Wildman–Crippen MR) is 76.6 cm³/mol. The van der Waals surface area contributed by atoms with Crippen molar-refractivity contribution in [1.29, 1.82) is 0 Å². The summed E-state index contributed by atoms with van der Waals surface area (Å²) >= 11 is 1.59. The van der Waals surface area contributed by atoms with E-state index in [0.29, 0.717) is 18.4 Å². The Kier molecular flexibility index (Phi) is 5.70. The summed E-state index contributed by atoms with van der Waals surface area (Å²) in [5.41, 5.74) is 0.333. The summed E-state index contributed by atoms with van der Waals surface area (Å²) in [4.78, 5) is 25.2. The first-order chi connectivity index (χ1) is 8.35. The average Bonchev–Trinajstić information content (AvgIpc) is 2.50. The van der Waals surface area contributed by atoms with Crippen LogP contribution in [0.4, 0.5) is 0 Å². The second-order valence-electron chi connectivity index (χ2n) is 6.05. The normalized spacial score (nSPS) is 20.9. The Morgan fingerprint density at radius 3 is 2.50 bits per heavy atom. The lowest BCUT2D eigenvalue weighted by Crippen LogP contribution is -2.32. The van der Waals surface area contributed by atoms with Gasteiger partial charge in [-0.3, -0.25) is 14.5 Å². The molecule has 0 saturated carbocycles. The Hall–Kier alpha value is -0.510. The van der Waals surface area contributed by atoms with Crippen molar-refractivity contribution in [2.24, 2.45) is 5.41 Å². The van der Waals surface area contributed by atoms with Crippen LogP contribution in [0.2, 0.25) is 0 Å². The molecule has 0 aromatic heterocycles. The number of thioether (sulfide) groups is 1. The number of likely N-dealkylation sites (tertiary alicyclic amines) is 1. The smallest absolute Gasteiger partial charge is 0.242 e. The highest BCUT2D eigenvalue weighted by molar-refractivity contribution is 8.00. The van der Waals surface area contributed by atoms with Crippen LogP contribution in [-0.4, -0.2) is 34.3 Å². The molecule has 1 aliphatic rings. The van der Waals surface area contributed by atoms with E-state index in [4.69, 9.17) is 0 Å². The van der Waals surface area contributed by atoms with Gasteiger partial charge in [0.1, 0.15) is 0 Å². The molecule has 0 aromatic rings. The summed E-state index contributed by atoms with van der Waals surface area (Å²) in [5.74, 6) is 0.936. The van der Waals surface area contributed by atoms with E-state index >= 15 is 0 Å². The number of nitrogens with zero attached hydrogens (tertiary/aromatic N) is 1. The molecule has 1 saturated heterocycles. The lowest BCUT2D eigenvalue weighted by molar-refractivity contribution is -0.138. The molecular formula is C14H25NO2S. The van der Waals surface area contributed by atoms with Gasteiger partial charge in [0.2, 0.25) is 11.8 Å². The van der Waals surface area contributed by atoms with Crippen LogP contribution >= 0.6 is 11.8 Å². The lowest BCUT2D eigenvalue weighted by atomic mass is 9.90. The quantitative estimate of drug-likeness (QED) is 0.550. The molecule has 1 aliphatic heterocycles.